The summed E-state index contributed by atoms with van der Waals surface area (Å²) in [7, 11) is 0. The minimum Gasteiger partial charge on any atom is -0.295 e. The summed E-state index contributed by atoms with van der Waals surface area (Å²) < 4.78 is 97.6. The molecule has 0 radical (unpaired) electrons. The Balaban J connectivity index is 1.91. The van der Waals surface area contributed by atoms with E-state index in [0.717, 1.165) is 42.5 Å². The van der Waals surface area contributed by atoms with Gasteiger partial charge in [-0.1, -0.05) is 11.6 Å². The molecule has 0 saturated heterocycles. The second-order valence-corrected chi connectivity index (χ2v) is 7.79. The second kappa shape index (κ2) is 8.75. The lowest BCUT2D eigenvalue weighted by atomic mass is 9.92. The maximum absolute atomic E-state index is 14.1. The molecular formula is C23H12ClF7N2O. The van der Waals surface area contributed by atoms with E-state index in [4.69, 9.17) is 11.6 Å². The number of alkyl halides is 3. The van der Waals surface area contributed by atoms with E-state index in [1.165, 1.54) is 0 Å². The Morgan fingerprint density at radius 2 is 1.59 bits per heavy atom. The monoisotopic (exact) mass is 500 g/mol. The van der Waals surface area contributed by atoms with Crippen LogP contribution in [0, 0.1) is 23.3 Å². The number of rotatable bonds is 2. The van der Waals surface area contributed by atoms with Crippen molar-refractivity contribution in [1.82, 2.24) is 0 Å². The van der Waals surface area contributed by atoms with Crippen molar-refractivity contribution in [3.05, 3.63) is 94.0 Å². The van der Waals surface area contributed by atoms with Gasteiger partial charge in [0.25, 0.3) is 5.91 Å². The Hall–Kier alpha value is -3.40. The van der Waals surface area contributed by atoms with Crippen molar-refractivity contribution in [2.75, 3.05) is 4.90 Å². The van der Waals surface area contributed by atoms with Gasteiger partial charge in [-0.25, -0.2) is 22.6 Å². The van der Waals surface area contributed by atoms with Crippen molar-refractivity contribution >= 4 is 34.6 Å². The summed E-state index contributed by atoms with van der Waals surface area (Å²) in [5.74, 6) is -5.12. The lowest BCUT2D eigenvalue weighted by molar-refractivity contribution is -0.146. The molecule has 0 aliphatic carbocycles. The quantitative estimate of drug-likeness (QED) is 0.349. The zero-order chi connectivity index (χ0) is 24.8. The van der Waals surface area contributed by atoms with E-state index in [2.05, 4.69) is 4.99 Å². The van der Waals surface area contributed by atoms with Crippen molar-refractivity contribution in [1.29, 1.82) is 0 Å². The first-order chi connectivity index (χ1) is 16.0. The Labute approximate surface area is 193 Å². The molecule has 34 heavy (non-hydrogen) atoms. The molecule has 1 amide bonds. The third-order valence-electron chi connectivity index (χ3n) is 5.16. The molecule has 0 N–H and O–H groups in total. The summed E-state index contributed by atoms with van der Waals surface area (Å²) in [6.45, 7) is 0. The predicted octanol–water partition coefficient (Wildman–Crippen LogP) is 7.00. The number of carbonyl (C=O) groups excluding carboxylic acids is 1. The first-order valence-corrected chi connectivity index (χ1v) is 10.0. The van der Waals surface area contributed by atoms with Crippen molar-refractivity contribution in [2.24, 2.45) is 4.99 Å². The van der Waals surface area contributed by atoms with E-state index in [9.17, 15) is 35.5 Å². The van der Waals surface area contributed by atoms with Crippen LogP contribution in [0.25, 0.3) is 0 Å². The maximum atomic E-state index is 14.1. The summed E-state index contributed by atoms with van der Waals surface area (Å²) in [5, 5.41) is -0.333. The van der Waals surface area contributed by atoms with Gasteiger partial charge in [-0.05, 0) is 48.5 Å². The molecule has 0 aromatic heterocycles. The molecule has 3 aromatic rings. The first kappa shape index (κ1) is 23.7. The number of benzene rings is 3. The number of hydrogen-bond donors (Lipinski definition) is 0. The van der Waals surface area contributed by atoms with E-state index in [1.807, 2.05) is 0 Å². The smallest absolute Gasteiger partial charge is 0.295 e. The summed E-state index contributed by atoms with van der Waals surface area (Å²) in [6.07, 6.45) is -5.95. The van der Waals surface area contributed by atoms with E-state index < -0.39 is 59.1 Å². The molecule has 4 rings (SSSR count). The van der Waals surface area contributed by atoms with Crippen LogP contribution < -0.4 is 4.90 Å². The Kier molecular flexibility index (Phi) is 6.11. The van der Waals surface area contributed by atoms with Crippen LogP contribution >= 0.6 is 11.6 Å². The fourth-order valence-electron chi connectivity index (χ4n) is 3.61. The van der Waals surface area contributed by atoms with Crippen LogP contribution in [0.1, 0.15) is 22.3 Å². The van der Waals surface area contributed by atoms with Gasteiger partial charge in [0.1, 0.15) is 23.5 Å². The fourth-order valence-corrected chi connectivity index (χ4v) is 3.72. The molecule has 176 valence electrons. The van der Waals surface area contributed by atoms with Crippen LogP contribution in [-0.4, -0.2) is 23.8 Å². The molecule has 1 atom stereocenters. The number of anilines is 1. The Bertz CT molecular complexity index is 1320. The molecular weight excluding hydrogens is 489 g/mol. The highest BCUT2D eigenvalue weighted by molar-refractivity contribution is 6.30. The maximum Gasteiger partial charge on any atom is 0.409 e. The number of amides is 1. The molecule has 0 spiro atoms. The van der Waals surface area contributed by atoms with Crippen molar-refractivity contribution in [3.8, 4) is 0 Å². The Morgan fingerprint density at radius 3 is 2.24 bits per heavy atom. The topological polar surface area (TPSA) is 32.7 Å². The highest BCUT2D eigenvalue weighted by Crippen LogP contribution is 2.40. The molecule has 0 saturated carbocycles. The van der Waals surface area contributed by atoms with Crippen LogP contribution in [0.2, 0.25) is 5.02 Å². The summed E-state index contributed by atoms with van der Waals surface area (Å²) in [5.41, 5.74) is -1.82. The van der Waals surface area contributed by atoms with Crippen LogP contribution in [-0.2, 0) is 0 Å². The average molecular weight is 501 g/mol. The SMILES string of the molecule is O=C(c1ccc(Cl)c(F)c1)N1c2ccc(F)cc2C(=Nc2ccc(F)cc2F)CC1C(F)(F)F. The lowest BCUT2D eigenvalue weighted by Gasteiger charge is -2.38. The third kappa shape index (κ3) is 4.50. The van der Waals surface area contributed by atoms with E-state index in [0.29, 0.717) is 17.0 Å². The van der Waals surface area contributed by atoms with Gasteiger partial charge in [-0.15, -0.1) is 0 Å². The summed E-state index contributed by atoms with van der Waals surface area (Å²) in [4.78, 5) is 17.4. The van der Waals surface area contributed by atoms with Gasteiger partial charge in [-0.2, -0.15) is 13.2 Å². The normalized spacial score (nSPS) is 17.1. The Morgan fingerprint density at radius 1 is 0.912 bits per heavy atom. The van der Waals surface area contributed by atoms with E-state index in [-0.39, 0.29) is 22.0 Å². The molecule has 3 aromatic carbocycles. The predicted molar refractivity (Wildman–Crippen MR) is 112 cm³/mol. The van der Waals surface area contributed by atoms with Gasteiger partial charge in [-0.3, -0.25) is 9.69 Å². The standard InChI is InChI=1S/C23H12ClF7N2O/c24-15-4-1-11(7-16(15)27)22(34)33-20-6-3-12(25)8-14(20)19(10-21(33)23(29,30)31)32-18-5-2-13(26)9-17(18)28/h1-9,21H,10H2. The molecule has 1 unspecified atom stereocenters. The zero-order valence-electron chi connectivity index (χ0n) is 16.8. The van der Waals surface area contributed by atoms with Crippen molar-refractivity contribution < 1.29 is 35.5 Å². The molecule has 11 heteroatoms. The van der Waals surface area contributed by atoms with Gasteiger partial charge >= 0.3 is 6.18 Å². The fraction of sp³-hybridized carbons (Fsp3) is 0.130. The first-order valence-electron chi connectivity index (χ1n) is 9.63. The van der Waals surface area contributed by atoms with Gasteiger partial charge in [0.05, 0.1) is 22.1 Å². The van der Waals surface area contributed by atoms with Crippen LogP contribution in [0.4, 0.5) is 42.1 Å². The molecule has 3 nitrogen and oxygen atoms in total. The number of halogens is 8. The second-order valence-electron chi connectivity index (χ2n) is 7.38. The molecule has 0 bridgehead atoms. The van der Waals surface area contributed by atoms with E-state index in [1.54, 1.807) is 0 Å². The lowest BCUT2D eigenvalue weighted by Crippen LogP contribution is -2.53. The van der Waals surface area contributed by atoms with Crippen LogP contribution in [0.3, 0.4) is 0 Å². The number of fused-ring (bicyclic) bond motifs is 1. The minimum absolute atomic E-state index is 0.202. The number of hydrogen-bond acceptors (Lipinski definition) is 2. The number of nitrogens with zero attached hydrogens (tertiary/aromatic N) is 2. The van der Waals surface area contributed by atoms with Gasteiger partial charge in [0.2, 0.25) is 0 Å². The highest BCUT2D eigenvalue weighted by Gasteiger charge is 2.50. The number of carbonyl (C=O) groups is 1. The molecule has 1 aliphatic rings. The zero-order valence-corrected chi connectivity index (χ0v) is 17.6. The van der Waals surface area contributed by atoms with Crippen molar-refractivity contribution in [3.63, 3.8) is 0 Å². The molecule has 1 aliphatic heterocycles. The van der Waals surface area contributed by atoms with Gasteiger partial charge in [0.15, 0.2) is 5.82 Å². The van der Waals surface area contributed by atoms with Crippen LogP contribution in [0.5, 0.6) is 0 Å². The highest BCUT2D eigenvalue weighted by atomic mass is 35.5. The van der Waals surface area contributed by atoms with Gasteiger partial charge < -0.3 is 0 Å². The minimum atomic E-state index is -4.99. The van der Waals surface area contributed by atoms with Crippen LogP contribution in [0.15, 0.2) is 59.6 Å². The number of aliphatic imine (C=N–C) groups is 1. The van der Waals surface area contributed by atoms with E-state index >= 15 is 0 Å². The van der Waals surface area contributed by atoms with Gasteiger partial charge in [0, 0.05) is 23.6 Å². The summed E-state index contributed by atoms with van der Waals surface area (Å²) >= 11 is 5.60. The summed E-state index contributed by atoms with van der Waals surface area (Å²) in [6, 6.07) is 5.22. The average Bonchev–Trinajstić information content (AvgIpc) is 2.76. The largest absolute Gasteiger partial charge is 0.409 e. The third-order valence-corrected chi connectivity index (χ3v) is 5.46. The van der Waals surface area contributed by atoms with Crippen molar-refractivity contribution in [2.45, 2.75) is 18.6 Å². The molecule has 0 fully saturated rings. The molecule has 1 heterocycles.